The van der Waals surface area contributed by atoms with Gasteiger partial charge in [-0.15, -0.1) is 0 Å². The molecule has 6 heteroatoms. The van der Waals surface area contributed by atoms with Gasteiger partial charge in [0.1, 0.15) is 18.2 Å². The number of benzene rings is 2. The Morgan fingerprint density at radius 3 is 2.96 bits per heavy atom. The zero-order valence-electron chi connectivity index (χ0n) is 13.8. The molecule has 3 N–H and O–H groups in total. The second-order valence-electron chi connectivity index (χ2n) is 5.94. The predicted octanol–water partition coefficient (Wildman–Crippen LogP) is 2.68. The van der Waals surface area contributed by atoms with Gasteiger partial charge in [0, 0.05) is 12.1 Å². The summed E-state index contributed by atoms with van der Waals surface area (Å²) >= 11 is 0. The zero-order valence-corrected chi connectivity index (χ0v) is 13.8. The molecule has 2 amide bonds. The Morgan fingerprint density at radius 2 is 2.12 bits per heavy atom. The summed E-state index contributed by atoms with van der Waals surface area (Å²) in [5, 5.41) is 14.6. The van der Waals surface area contributed by atoms with Gasteiger partial charge in [-0.2, -0.15) is 0 Å². The van der Waals surface area contributed by atoms with Crippen molar-refractivity contribution in [1.82, 2.24) is 10.6 Å². The number of para-hydroxylation sites is 1. The number of ether oxygens (including phenoxy) is 1. The summed E-state index contributed by atoms with van der Waals surface area (Å²) in [5.41, 5.74) is 2.75. The maximum Gasteiger partial charge on any atom is 0.315 e. The minimum absolute atomic E-state index is 0.0695. The van der Waals surface area contributed by atoms with E-state index in [1.165, 1.54) is 12.1 Å². The van der Waals surface area contributed by atoms with Gasteiger partial charge in [0.15, 0.2) is 0 Å². The van der Waals surface area contributed by atoms with Gasteiger partial charge in [-0.05, 0) is 42.2 Å². The Hall–Kier alpha value is -2.60. The first-order chi connectivity index (χ1) is 12.2. The smallest absolute Gasteiger partial charge is 0.315 e. The highest BCUT2D eigenvalue weighted by atomic mass is 19.1. The van der Waals surface area contributed by atoms with Gasteiger partial charge < -0.3 is 20.5 Å². The molecule has 0 radical (unpaired) electrons. The average molecular weight is 344 g/mol. The lowest BCUT2D eigenvalue weighted by Crippen LogP contribution is -2.37. The highest BCUT2D eigenvalue weighted by molar-refractivity contribution is 5.74. The van der Waals surface area contributed by atoms with E-state index >= 15 is 0 Å². The van der Waals surface area contributed by atoms with Gasteiger partial charge in [-0.25, -0.2) is 9.18 Å². The highest BCUT2D eigenvalue weighted by Crippen LogP contribution is 2.31. The lowest BCUT2D eigenvalue weighted by Gasteiger charge is -2.16. The highest BCUT2D eigenvalue weighted by Gasteiger charge is 2.24. The zero-order chi connectivity index (χ0) is 17.6. The lowest BCUT2D eigenvalue weighted by atomic mass is 10.1. The summed E-state index contributed by atoms with van der Waals surface area (Å²) in [5.74, 6) is 0.341. The average Bonchev–Trinajstić information content (AvgIpc) is 3.01. The standard InChI is InChI=1S/C19H21FN2O3/c20-15-7-5-13-6-8-17(16(13)11-15)22-19(24)21-12-14-3-1-2-4-18(14)25-10-9-23/h1-5,7,11,17,23H,6,8-10,12H2,(H2,21,22,24)/t17-/m0/s1. The molecule has 2 aromatic rings. The molecule has 132 valence electrons. The van der Waals surface area contributed by atoms with E-state index in [1.807, 2.05) is 18.2 Å². The van der Waals surface area contributed by atoms with Crippen molar-refractivity contribution in [2.45, 2.75) is 25.4 Å². The topological polar surface area (TPSA) is 70.6 Å². The molecule has 0 saturated carbocycles. The third-order valence-electron chi connectivity index (χ3n) is 4.25. The van der Waals surface area contributed by atoms with E-state index in [0.717, 1.165) is 29.5 Å². The molecule has 25 heavy (non-hydrogen) atoms. The molecule has 1 aliphatic carbocycles. The van der Waals surface area contributed by atoms with E-state index in [2.05, 4.69) is 10.6 Å². The van der Waals surface area contributed by atoms with E-state index in [1.54, 1.807) is 12.1 Å². The second kappa shape index (κ2) is 7.98. The molecule has 0 heterocycles. The SMILES string of the molecule is O=C(NCc1ccccc1OCCO)N[C@H]1CCc2ccc(F)cc21. The van der Waals surface area contributed by atoms with E-state index in [9.17, 15) is 9.18 Å². The second-order valence-corrected chi connectivity index (χ2v) is 5.94. The van der Waals surface area contributed by atoms with Crippen LogP contribution in [-0.2, 0) is 13.0 Å². The summed E-state index contributed by atoms with van der Waals surface area (Å²) in [6, 6.07) is 11.6. The summed E-state index contributed by atoms with van der Waals surface area (Å²) in [4.78, 5) is 12.2. The molecule has 2 aromatic carbocycles. The number of amides is 2. The number of aliphatic hydroxyl groups excluding tert-OH is 1. The van der Waals surface area contributed by atoms with E-state index < -0.39 is 0 Å². The van der Waals surface area contributed by atoms with Crippen LogP contribution in [0.3, 0.4) is 0 Å². The molecule has 1 atom stereocenters. The largest absolute Gasteiger partial charge is 0.491 e. The van der Waals surface area contributed by atoms with Crippen LogP contribution < -0.4 is 15.4 Å². The summed E-state index contributed by atoms with van der Waals surface area (Å²) in [6.07, 6.45) is 1.60. The third-order valence-corrected chi connectivity index (χ3v) is 4.25. The number of halogens is 1. The molecular weight excluding hydrogens is 323 g/mol. The molecule has 0 bridgehead atoms. The first-order valence-corrected chi connectivity index (χ1v) is 8.31. The van der Waals surface area contributed by atoms with Crippen molar-refractivity contribution in [2.75, 3.05) is 13.2 Å². The molecule has 3 rings (SSSR count). The number of hydrogen-bond acceptors (Lipinski definition) is 3. The monoisotopic (exact) mass is 344 g/mol. The van der Waals surface area contributed by atoms with Gasteiger partial charge >= 0.3 is 6.03 Å². The van der Waals surface area contributed by atoms with Gasteiger partial charge in [0.2, 0.25) is 0 Å². The number of aliphatic hydroxyl groups is 1. The Labute approximate surface area is 145 Å². The number of carbonyl (C=O) groups is 1. The quantitative estimate of drug-likeness (QED) is 0.754. The van der Waals surface area contributed by atoms with Crippen molar-refractivity contribution < 1.29 is 19.0 Å². The number of fused-ring (bicyclic) bond motifs is 1. The van der Waals surface area contributed by atoms with Gasteiger partial charge in [-0.1, -0.05) is 24.3 Å². The minimum Gasteiger partial charge on any atom is -0.491 e. The number of aryl methyl sites for hydroxylation is 1. The summed E-state index contributed by atoms with van der Waals surface area (Å²) in [6.45, 7) is 0.434. The van der Waals surface area contributed by atoms with Crippen LogP contribution in [-0.4, -0.2) is 24.4 Å². The van der Waals surface area contributed by atoms with Crippen LogP contribution in [0.1, 0.15) is 29.2 Å². The van der Waals surface area contributed by atoms with Crippen molar-refractivity contribution in [1.29, 1.82) is 0 Å². The number of rotatable bonds is 6. The Morgan fingerprint density at radius 1 is 1.28 bits per heavy atom. The van der Waals surface area contributed by atoms with Crippen molar-refractivity contribution in [3.05, 3.63) is 65.0 Å². The summed E-state index contributed by atoms with van der Waals surface area (Å²) < 4.78 is 18.9. The molecular formula is C19H21FN2O3. The molecule has 0 aliphatic heterocycles. The lowest BCUT2D eigenvalue weighted by molar-refractivity contribution is 0.200. The maximum atomic E-state index is 13.4. The number of urea groups is 1. The fraction of sp³-hybridized carbons (Fsp3) is 0.316. The van der Waals surface area contributed by atoms with Crippen LogP contribution in [0.15, 0.2) is 42.5 Å². The first-order valence-electron chi connectivity index (χ1n) is 8.31. The number of nitrogens with one attached hydrogen (secondary N) is 2. The van der Waals surface area contributed by atoms with E-state index in [-0.39, 0.29) is 31.1 Å². The van der Waals surface area contributed by atoms with Crippen LogP contribution in [0.25, 0.3) is 0 Å². The van der Waals surface area contributed by atoms with Crippen molar-refractivity contribution in [2.24, 2.45) is 0 Å². The van der Waals surface area contributed by atoms with Crippen molar-refractivity contribution in [3.63, 3.8) is 0 Å². The van der Waals surface area contributed by atoms with Gasteiger partial charge in [0.25, 0.3) is 0 Å². The van der Waals surface area contributed by atoms with Crippen LogP contribution in [0, 0.1) is 5.82 Å². The van der Waals surface area contributed by atoms with Crippen LogP contribution in [0.5, 0.6) is 5.75 Å². The minimum atomic E-state index is -0.306. The molecule has 0 unspecified atom stereocenters. The van der Waals surface area contributed by atoms with Gasteiger partial charge in [-0.3, -0.25) is 0 Å². The molecule has 0 saturated heterocycles. The van der Waals surface area contributed by atoms with Crippen LogP contribution >= 0.6 is 0 Å². The van der Waals surface area contributed by atoms with E-state index in [0.29, 0.717) is 12.3 Å². The third kappa shape index (κ3) is 4.28. The van der Waals surface area contributed by atoms with Crippen molar-refractivity contribution in [3.8, 4) is 5.75 Å². The Bertz CT molecular complexity index is 751. The normalized spacial score (nSPS) is 15.5. The predicted molar refractivity (Wildman–Crippen MR) is 91.9 cm³/mol. The Kier molecular flexibility index (Phi) is 5.50. The molecule has 0 fully saturated rings. The molecule has 0 aromatic heterocycles. The number of hydrogen-bond donors (Lipinski definition) is 3. The van der Waals surface area contributed by atoms with Crippen LogP contribution in [0.2, 0.25) is 0 Å². The molecule has 5 nitrogen and oxygen atoms in total. The maximum absolute atomic E-state index is 13.4. The fourth-order valence-corrected chi connectivity index (χ4v) is 3.05. The number of carbonyl (C=O) groups excluding carboxylic acids is 1. The first kappa shape index (κ1) is 17.2. The molecule has 0 spiro atoms. The Balaban J connectivity index is 1.57. The van der Waals surface area contributed by atoms with Crippen LogP contribution in [0.4, 0.5) is 9.18 Å². The summed E-state index contributed by atoms with van der Waals surface area (Å²) in [7, 11) is 0. The molecule has 1 aliphatic rings. The fourth-order valence-electron chi connectivity index (χ4n) is 3.05. The van der Waals surface area contributed by atoms with Gasteiger partial charge in [0.05, 0.1) is 12.6 Å². The van der Waals surface area contributed by atoms with Crippen molar-refractivity contribution >= 4 is 6.03 Å². The van der Waals surface area contributed by atoms with E-state index in [4.69, 9.17) is 9.84 Å².